The Labute approximate surface area is 171 Å². The molecule has 2 aromatic heterocycles. The molecule has 4 rings (SSSR count). The van der Waals surface area contributed by atoms with E-state index in [4.69, 9.17) is 4.74 Å². The number of nitrogens with one attached hydrogen (secondary N) is 1. The fraction of sp³-hybridized carbons (Fsp3) is 0.368. The van der Waals surface area contributed by atoms with E-state index in [1.54, 1.807) is 29.5 Å². The highest BCUT2D eigenvalue weighted by Crippen LogP contribution is 2.39. The van der Waals surface area contributed by atoms with Crippen molar-refractivity contribution in [2.45, 2.75) is 29.4 Å². The number of sulfone groups is 1. The van der Waals surface area contributed by atoms with E-state index in [0.717, 1.165) is 20.1 Å². The maximum absolute atomic E-state index is 13.5. The van der Waals surface area contributed by atoms with Crippen LogP contribution in [0.15, 0.2) is 35.2 Å². The molecular formula is C19H20N2O4S3. The lowest BCUT2D eigenvalue weighted by atomic mass is 9.98. The van der Waals surface area contributed by atoms with Crippen molar-refractivity contribution < 1.29 is 17.9 Å². The quantitative estimate of drug-likeness (QED) is 0.677. The van der Waals surface area contributed by atoms with Crippen LogP contribution in [0.5, 0.6) is 0 Å². The number of aromatic nitrogens is 1. The molecule has 0 aliphatic carbocycles. The highest BCUT2D eigenvalue weighted by Gasteiger charge is 2.51. The summed E-state index contributed by atoms with van der Waals surface area (Å²) in [6.07, 6.45) is 0.297. The second-order valence-corrected chi connectivity index (χ2v) is 11.3. The number of nitrogens with zero attached hydrogens (tertiary/aromatic N) is 1. The second-order valence-electron chi connectivity index (χ2n) is 6.75. The Kier molecular flexibility index (Phi) is 5.03. The predicted molar refractivity (Wildman–Crippen MR) is 112 cm³/mol. The van der Waals surface area contributed by atoms with Crippen LogP contribution in [0.3, 0.4) is 0 Å². The van der Waals surface area contributed by atoms with Crippen molar-refractivity contribution in [2.24, 2.45) is 0 Å². The summed E-state index contributed by atoms with van der Waals surface area (Å²) >= 11 is 3.12. The molecule has 0 unspecified atom stereocenters. The van der Waals surface area contributed by atoms with Gasteiger partial charge in [-0.3, -0.25) is 4.79 Å². The molecule has 1 amide bonds. The average Bonchev–Trinajstić information content (AvgIpc) is 3.33. The van der Waals surface area contributed by atoms with E-state index in [2.05, 4.69) is 10.3 Å². The molecule has 148 valence electrons. The number of hydrogen-bond acceptors (Lipinski definition) is 7. The third-order valence-corrected chi connectivity index (χ3v) is 9.76. The van der Waals surface area contributed by atoms with E-state index in [9.17, 15) is 13.2 Å². The molecule has 1 saturated heterocycles. The monoisotopic (exact) mass is 436 g/mol. The number of hydrogen-bond donors (Lipinski definition) is 1. The molecule has 3 aromatic rings. The summed E-state index contributed by atoms with van der Waals surface area (Å²) in [5, 5.41) is 3.40. The third-order valence-electron chi connectivity index (χ3n) is 5.08. The maximum Gasteiger partial charge on any atom is 0.241 e. The van der Waals surface area contributed by atoms with Crippen LogP contribution in [0.2, 0.25) is 0 Å². The molecule has 6 nitrogen and oxygen atoms in total. The van der Waals surface area contributed by atoms with Crippen LogP contribution in [-0.4, -0.2) is 44.3 Å². The Bertz CT molecular complexity index is 1140. The molecule has 28 heavy (non-hydrogen) atoms. The van der Waals surface area contributed by atoms with Crippen molar-refractivity contribution in [2.75, 3.05) is 20.3 Å². The zero-order valence-corrected chi connectivity index (χ0v) is 18.0. The first-order chi connectivity index (χ1) is 13.4. The number of rotatable bonds is 4. The molecule has 1 aliphatic heterocycles. The minimum Gasteiger partial charge on any atom is -0.381 e. The summed E-state index contributed by atoms with van der Waals surface area (Å²) < 4.78 is 31.6. The normalized spacial score (nSPS) is 16.9. The molecule has 0 atom stereocenters. The minimum atomic E-state index is -3.89. The standard InChI is InChI=1S/C19H20N2O4S3/c1-12-3-6-15(26-12)17-21-14-5-4-13(11-16(14)27-17)28(23,24)19(18(22)20-2)7-9-25-10-8-19/h3-6,11H,7-10H2,1-2H3,(H,20,22). The Morgan fingerprint density at radius 1 is 1.18 bits per heavy atom. The molecule has 0 radical (unpaired) electrons. The molecular weight excluding hydrogens is 416 g/mol. The second kappa shape index (κ2) is 7.22. The van der Waals surface area contributed by atoms with Gasteiger partial charge in [0.2, 0.25) is 5.91 Å². The maximum atomic E-state index is 13.5. The summed E-state index contributed by atoms with van der Waals surface area (Å²) in [4.78, 5) is 19.7. The lowest BCUT2D eigenvalue weighted by molar-refractivity contribution is -0.125. The van der Waals surface area contributed by atoms with Crippen molar-refractivity contribution >= 4 is 48.6 Å². The van der Waals surface area contributed by atoms with Gasteiger partial charge in [0.25, 0.3) is 0 Å². The predicted octanol–water partition coefficient (Wildman–Crippen LogP) is 3.40. The summed E-state index contributed by atoms with van der Waals surface area (Å²) in [6.45, 7) is 2.53. The Balaban J connectivity index is 1.79. The van der Waals surface area contributed by atoms with Gasteiger partial charge in [0, 0.05) is 25.1 Å². The number of fused-ring (bicyclic) bond motifs is 1. The lowest BCUT2D eigenvalue weighted by Crippen LogP contribution is -2.54. The van der Waals surface area contributed by atoms with Crippen molar-refractivity contribution in [1.29, 1.82) is 0 Å². The van der Waals surface area contributed by atoms with E-state index in [1.807, 2.05) is 19.1 Å². The van der Waals surface area contributed by atoms with Crippen LogP contribution in [0, 0.1) is 6.92 Å². The van der Waals surface area contributed by atoms with E-state index in [0.29, 0.717) is 0 Å². The van der Waals surface area contributed by atoms with E-state index in [1.165, 1.54) is 23.3 Å². The molecule has 1 aliphatic rings. The molecule has 1 aromatic carbocycles. The van der Waals surface area contributed by atoms with Gasteiger partial charge in [-0.05, 0) is 50.1 Å². The summed E-state index contributed by atoms with van der Waals surface area (Å²) in [5.41, 5.74) is 0.756. The van der Waals surface area contributed by atoms with Gasteiger partial charge in [0.15, 0.2) is 14.6 Å². The molecule has 0 bridgehead atoms. The molecule has 1 fully saturated rings. The van der Waals surface area contributed by atoms with Crippen LogP contribution in [0.4, 0.5) is 0 Å². The Morgan fingerprint density at radius 2 is 1.93 bits per heavy atom. The number of amides is 1. The van der Waals surface area contributed by atoms with Gasteiger partial charge >= 0.3 is 0 Å². The Hall–Kier alpha value is -1.81. The molecule has 3 heterocycles. The van der Waals surface area contributed by atoms with Gasteiger partial charge in [-0.1, -0.05) is 0 Å². The topological polar surface area (TPSA) is 85.4 Å². The fourth-order valence-corrected chi connectivity index (χ4v) is 7.52. The SMILES string of the molecule is CNC(=O)C1(S(=O)(=O)c2ccc3nc(-c4ccc(C)s4)sc3c2)CCOCC1. The van der Waals surface area contributed by atoms with Crippen LogP contribution < -0.4 is 5.32 Å². The average molecular weight is 437 g/mol. The first-order valence-corrected chi connectivity index (χ1v) is 12.0. The minimum absolute atomic E-state index is 0.148. The van der Waals surface area contributed by atoms with Gasteiger partial charge < -0.3 is 10.1 Å². The molecule has 0 saturated carbocycles. The lowest BCUT2D eigenvalue weighted by Gasteiger charge is -2.34. The van der Waals surface area contributed by atoms with Gasteiger partial charge in [0.05, 0.1) is 20.0 Å². The molecule has 0 spiro atoms. The summed E-state index contributed by atoms with van der Waals surface area (Å²) in [5.74, 6) is -0.477. The first-order valence-electron chi connectivity index (χ1n) is 8.89. The number of carbonyl (C=O) groups excluding carboxylic acids is 1. The first kappa shape index (κ1) is 19.5. The Morgan fingerprint density at radius 3 is 2.57 bits per heavy atom. The highest BCUT2D eigenvalue weighted by atomic mass is 32.2. The van der Waals surface area contributed by atoms with Crippen LogP contribution >= 0.6 is 22.7 Å². The van der Waals surface area contributed by atoms with Crippen molar-refractivity contribution in [3.8, 4) is 9.88 Å². The van der Waals surface area contributed by atoms with Crippen molar-refractivity contribution in [3.05, 3.63) is 35.2 Å². The van der Waals surface area contributed by atoms with Gasteiger partial charge in [-0.25, -0.2) is 13.4 Å². The fourth-order valence-electron chi connectivity index (χ4n) is 3.50. The van der Waals surface area contributed by atoms with Crippen molar-refractivity contribution in [3.63, 3.8) is 0 Å². The van der Waals surface area contributed by atoms with Gasteiger partial charge in [0.1, 0.15) is 5.01 Å². The number of aryl methyl sites for hydroxylation is 1. The largest absolute Gasteiger partial charge is 0.381 e. The van der Waals surface area contributed by atoms with Crippen LogP contribution in [0.1, 0.15) is 17.7 Å². The number of ether oxygens (including phenoxy) is 1. The van der Waals surface area contributed by atoms with E-state index in [-0.39, 0.29) is 31.0 Å². The van der Waals surface area contributed by atoms with Gasteiger partial charge in [-0.15, -0.1) is 22.7 Å². The molecule has 9 heteroatoms. The van der Waals surface area contributed by atoms with E-state index < -0.39 is 20.5 Å². The smallest absolute Gasteiger partial charge is 0.241 e. The highest BCUT2D eigenvalue weighted by molar-refractivity contribution is 7.93. The zero-order chi connectivity index (χ0) is 19.9. The zero-order valence-electron chi connectivity index (χ0n) is 15.5. The number of carbonyl (C=O) groups is 1. The number of benzene rings is 1. The number of thiazole rings is 1. The van der Waals surface area contributed by atoms with E-state index >= 15 is 0 Å². The molecule has 1 N–H and O–H groups in total. The van der Waals surface area contributed by atoms with Crippen molar-refractivity contribution in [1.82, 2.24) is 10.3 Å². The van der Waals surface area contributed by atoms with Gasteiger partial charge in [-0.2, -0.15) is 0 Å². The van der Waals surface area contributed by atoms with Crippen LogP contribution in [-0.2, 0) is 19.4 Å². The van der Waals surface area contributed by atoms with Crippen LogP contribution in [0.25, 0.3) is 20.1 Å². The summed E-state index contributed by atoms with van der Waals surface area (Å²) in [6, 6.07) is 8.99. The third kappa shape index (κ3) is 3.06. The number of thiophene rings is 1. The summed E-state index contributed by atoms with van der Waals surface area (Å²) in [7, 11) is -2.42.